The quantitative estimate of drug-likeness (QED) is 0.502. The van der Waals surface area contributed by atoms with Gasteiger partial charge in [0.15, 0.2) is 5.65 Å². The molecule has 1 fully saturated rings. The van der Waals surface area contributed by atoms with Gasteiger partial charge in [0.2, 0.25) is 0 Å². The number of hydrogen-bond acceptors (Lipinski definition) is 6. The summed E-state index contributed by atoms with van der Waals surface area (Å²) in [4.78, 5) is 26.4. The van der Waals surface area contributed by atoms with Crippen LogP contribution in [0.1, 0.15) is 19.5 Å². The van der Waals surface area contributed by atoms with E-state index in [1.54, 1.807) is 29.8 Å². The summed E-state index contributed by atoms with van der Waals surface area (Å²) in [5, 5.41) is 9.34. The summed E-state index contributed by atoms with van der Waals surface area (Å²) >= 11 is 0. The molecule has 4 aromatic rings. The van der Waals surface area contributed by atoms with Crippen LogP contribution < -0.4 is 15.4 Å². The lowest BCUT2D eigenvalue weighted by Gasteiger charge is -2.46. The minimum absolute atomic E-state index is 0.0848. The molecule has 31 heavy (non-hydrogen) atoms. The van der Waals surface area contributed by atoms with Gasteiger partial charge in [-0.15, -0.1) is 0 Å². The second kappa shape index (κ2) is 7.13. The van der Waals surface area contributed by atoms with Crippen molar-refractivity contribution >= 4 is 28.1 Å². The first kappa shape index (κ1) is 19.1. The fourth-order valence-corrected chi connectivity index (χ4v) is 4.55. The Morgan fingerprint density at radius 3 is 2.55 bits per heavy atom. The summed E-state index contributed by atoms with van der Waals surface area (Å²) in [5.41, 5.74) is 4.50. The van der Waals surface area contributed by atoms with Gasteiger partial charge in [-0.05, 0) is 38.1 Å². The zero-order valence-corrected chi connectivity index (χ0v) is 17.7. The van der Waals surface area contributed by atoms with Crippen LogP contribution in [0.3, 0.4) is 0 Å². The Bertz CT molecular complexity index is 1400. The van der Waals surface area contributed by atoms with E-state index in [9.17, 15) is 10.1 Å². The summed E-state index contributed by atoms with van der Waals surface area (Å²) in [6.45, 7) is 5.84. The van der Waals surface area contributed by atoms with Crippen molar-refractivity contribution in [3.05, 3.63) is 65.0 Å². The van der Waals surface area contributed by atoms with Gasteiger partial charge in [0.25, 0.3) is 5.56 Å². The van der Waals surface area contributed by atoms with Crippen LogP contribution in [-0.4, -0.2) is 44.1 Å². The molecule has 0 saturated carbocycles. The number of hydrogen-bond donors (Lipinski definition) is 0. The minimum atomic E-state index is -0.0848. The Morgan fingerprint density at radius 2 is 1.81 bits per heavy atom. The molecule has 1 aliphatic heterocycles. The minimum Gasteiger partial charge on any atom is -0.363 e. The first-order valence-electron chi connectivity index (χ1n) is 10.3. The van der Waals surface area contributed by atoms with Crippen LogP contribution in [0.2, 0.25) is 0 Å². The van der Waals surface area contributed by atoms with Gasteiger partial charge in [0.05, 0.1) is 16.9 Å². The van der Waals surface area contributed by atoms with Gasteiger partial charge in [0.1, 0.15) is 17.3 Å². The van der Waals surface area contributed by atoms with Crippen LogP contribution in [0, 0.1) is 11.3 Å². The normalized spacial score (nSPS) is 19.2. The number of imidazole rings is 1. The number of rotatable bonds is 2. The Labute approximate surface area is 179 Å². The molecule has 1 unspecified atom stereocenters. The van der Waals surface area contributed by atoms with Crippen molar-refractivity contribution in [2.75, 3.05) is 22.9 Å². The van der Waals surface area contributed by atoms with E-state index in [0.29, 0.717) is 11.2 Å². The number of piperazine rings is 1. The molecule has 8 nitrogen and oxygen atoms in total. The molecular weight excluding hydrogens is 390 g/mol. The zero-order valence-electron chi connectivity index (χ0n) is 17.7. The molecule has 0 radical (unpaired) electrons. The molecule has 1 saturated heterocycles. The predicted molar refractivity (Wildman–Crippen MR) is 121 cm³/mol. The van der Waals surface area contributed by atoms with Crippen LogP contribution in [0.4, 0.5) is 11.4 Å². The van der Waals surface area contributed by atoms with E-state index >= 15 is 0 Å². The van der Waals surface area contributed by atoms with E-state index in [-0.39, 0.29) is 17.6 Å². The van der Waals surface area contributed by atoms with E-state index in [2.05, 4.69) is 45.8 Å². The number of anilines is 2. The van der Waals surface area contributed by atoms with Crippen molar-refractivity contribution < 1.29 is 0 Å². The second-order valence-corrected chi connectivity index (χ2v) is 8.16. The van der Waals surface area contributed by atoms with Gasteiger partial charge < -0.3 is 18.8 Å². The Morgan fingerprint density at radius 1 is 1.06 bits per heavy atom. The average Bonchev–Trinajstić information content (AvgIpc) is 3.26. The molecule has 8 heteroatoms. The maximum Gasteiger partial charge on any atom is 0.252 e. The first-order chi connectivity index (χ1) is 15.0. The molecule has 0 spiro atoms. The number of aromatic nitrogens is 4. The fraction of sp³-hybridized carbons (Fsp3) is 0.304. The van der Waals surface area contributed by atoms with Gasteiger partial charge >= 0.3 is 0 Å². The van der Waals surface area contributed by atoms with Crippen LogP contribution in [0.25, 0.3) is 16.7 Å². The van der Waals surface area contributed by atoms with Crippen molar-refractivity contribution in [2.24, 2.45) is 7.05 Å². The summed E-state index contributed by atoms with van der Waals surface area (Å²) < 4.78 is 3.61. The first-order valence-corrected chi connectivity index (χ1v) is 10.3. The Balaban J connectivity index is 1.57. The van der Waals surface area contributed by atoms with Gasteiger partial charge in [0, 0.05) is 56.9 Å². The number of aryl methyl sites for hydroxylation is 1. The molecule has 5 rings (SSSR count). The SMILES string of the molecule is CC1CN(c2cc(=O)n(C)c3ccc(C#N)nc23)[C@@H](C)CN1c1cccn2ccnc12. The van der Waals surface area contributed by atoms with E-state index < -0.39 is 0 Å². The predicted octanol–water partition coefficient (Wildman–Crippen LogP) is 2.56. The van der Waals surface area contributed by atoms with Gasteiger partial charge in [-0.3, -0.25) is 4.79 Å². The lowest BCUT2D eigenvalue weighted by molar-refractivity contribution is 0.482. The zero-order chi connectivity index (χ0) is 21.7. The van der Waals surface area contributed by atoms with Gasteiger partial charge in [-0.2, -0.15) is 5.26 Å². The Hall–Kier alpha value is -3.86. The van der Waals surface area contributed by atoms with Crippen molar-refractivity contribution in [1.82, 2.24) is 18.9 Å². The third-order valence-corrected chi connectivity index (χ3v) is 6.19. The molecule has 0 amide bonds. The molecule has 0 aliphatic carbocycles. The third kappa shape index (κ3) is 3.01. The number of fused-ring (bicyclic) bond motifs is 2. The summed E-state index contributed by atoms with van der Waals surface area (Å²) in [5.74, 6) is 0. The molecule has 1 aliphatic rings. The molecular formula is C23H23N7O. The van der Waals surface area contributed by atoms with E-state index in [1.165, 1.54) is 0 Å². The van der Waals surface area contributed by atoms with Crippen molar-refractivity contribution in [1.29, 1.82) is 5.26 Å². The van der Waals surface area contributed by atoms with Crippen LogP contribution in [-0.2, 0) is 7.05 Å². The smallest absolute Gasteiger partial charge is 0.252 e. The topological polar surface area (TPSA) is 82.5 Å². The lowest BCUT2D eigenvalue weighted by atomic mass is 10.1. The summed E-state index contributed by atoms with van der Waals surface area (Å²) in [6.07, 6.45) is 5.77. The van der Waals surface area contributed by atoms with Crippen molar-refractivity contribution in [3.63, 3.8) is 0 Å². The molecule has 4 aromatic heterocycles. The van der Waals surface area contributed by atoms with Gasteiger partial charge in [-0.1, -0.05) is 0 Å². The maximum absolute atomic E-state index is 12.7. The highest BCUT2D eigenvalue weighted by molar-refractivity contribution is 5.89. The number of nitriles is 1. The highest BCUT2D eigenvalue weighted by atomic mass is 16.1. The largest absolute Gasteiger partial charge is 0.363 e. The second-order valence-electron chi connectivity index (χ2n) is 8.16. The molecule has 5 heterocycles. The van der Waals surface area contributed by atoms with E-state index in [1.807, 2.05) is 29.1 Å². The van der Waals surface area contributed by atoms with Gasteiger partial charge in [-0.25, -0.2) is 9.97 Å². The Kier molecular flexibility index (Phi) is 4.40. The average molecular weight is 413 g/mol. The van der Waals surface area contributed by atoms with E-state index in [0.717, 1.165) is 35.6 Å². The standard InChI is InChI=1S/C23H23N7O/c1-15-14-30(16(2)13-29(15)19-5-4-9-28-10-8-25-23(19)28)20-11-21(31)27(3)18-7-6-17(12-24)26-22(18)20/h4-11,15-16H,13-14H2,1-3H3/t15?,16-/m0/s1. The molecule has 0 N–H and O–H groups in total. The monoisotopic (exact) mass is 413 g/mol. The van der Waals surface area contributed by atoms with Crippen LogP contribution >= 0.6 is 0 Å². The number of nitrogens with zero attached hydrogens (tertiary/aromatic N) is 7. The number of pyridine rings is 3. The maximum atomic E-state index is 12.7. The fourth-order valence-electron chi connectivity index (χ4n) is 4.55. The van der Waals surface area contributed by atoms with Crippen molar-refractivity contribution in [3.8, 4) is 6.07 Å². The van der Waals surface area contributed by atoms with Crippen LogP contribution in [0.15, 0.2) is 53.7 Å². The van der Waals surface area contributed by atoms with Crippen molar-refractivity contribution in [2.45, 2.75) is 25.9 Å². The van der Waals surface area contributed by atoms with Crippen LogP contribution in [0.5, 0.6) is 0 Å². The summed E-state index contributed by atoms with van der Waals surface area (Å²) in [6, 6.07) is 11.7. The summed E-state index contributed by atoms with van der Waals surface area (Å²) in [7, 11) is 1.73. The molecule has 0 bridgehead atoms. The molecule has 0 aromatic carbocycles. The molecule has 156 valence electrons. The van der Waals surface area contributed by atoms with E-state index in [4.69, 9.17) is 0 Å². The lowest BCUT2D eigenvalue weighted by Crippen LogP contribution is -2.57. The highest BCUT2D eigenvalue weighted by Crippen LogP contribution is 2.32. The molecule has 2 atom stereocenters. The third-order valence-electron chi connectivity index (χ3n) is 6.19. The highest BCUT2D eigenvalue weighted by Gasteiger charge is 2.32.